The van der Waals surface area contributed by atoms with Gasteiger partial charge in [-0.3, -0.25) is 4.79 Å². The van der Waals surface area contributed by atoms with Gasteiger partial charge < -0.3 is 10.4 Å². The monoisotopic (exact) mass is 345 g/mol. The molecule has 0 aliphatic carbocycles. The van der Waals surface area contributed by atoms with Crippen LogP contribution in [0.15, 0.2) is 53.5 Å². The molecule has 2 aromatic rings. The van der Waals surface area contributed by atoms with Crippen LogP contribution in [-0.2, 0) is 0 Å². The summed E-state index contributed by atoms with van der Waals surface area (Å²) in [4.78, 5) is 23.4. The molecule has 0 aliphatic rings. The summed E-state index contributed by atoms with van der Waals surface area (Å²) in [5.41, 5.74) is 1.61. The summed E-state index contributed by atoms with van der Waals surface area (Å²) in [6, 6.07) is 11.5. The Morgan fingerprint density at radius 2 is 1.81 bits per heavy atom. The zero-order valence-electron chi connectivity index (χ0n) is 11.0. The van der Waals surface area contributed by atoms with E-state index in [-0.39, 0.29) is 17.2 Å². The minimum absolute atomic E-state index is 0.0282. The number of hydrogen-bond donors (Lipinski definition) is 2. The number of carboxylic acid groups (broad SMARTS) is 1. The molecule has 0 fully saturated rings. The van der Waals surface area contributed by atoms with Gasteiger partial charge in [-0.15, -0.1) is 0 Å². The average Bonchev–Trinajstić information content (AvgIpc) is 2.49. The van der Waals surface area contributed by atoms with Crippen LogP contribution in [0.3, 0.4) is 0 Å². The van der Waals surface area contributed by atoms with E-state index in [1.807, 2.05) is 0 Å². The van der Waals surface area contributed by atoms with E-state index in [0.717, 1.165) is 5.56 Å². The first-order valence-corrected chi connectivity index (χ1v) is 6.88. The number of carbonyl (C=O) groups is 2. The van der Waals surface area contributed by atoms with Gasteiger partial charge in [-0.1, -0.05) is 30.9 Å². The summed E-state index contributed by atoms with van der Waals surface area (Å²) < 4.78 is 0.512. The zero-order valence-corrected chi connectivity index (χ0v) is 12.6. The van der Waals surface area contributed by atoms with Crippen LogP contribution in [0.2, 0.25) is 0 Å². The number of para-hydroxylation sites is 1. The van der Waals surface area contributed by atoms with Crippen molar-refractivity contribution in [2.45, 2.75) is 0 Å². The molecule has 0 atom stereocenters. The molecule has 106 valence electrons. The molecular formula is C16H12BrNO3. The molecule has 0 bridgehead atoms. The number of carbonyl (C=O) groups excluding carboxylic acids is 1. The molecular weight excluding hydrogens is 334 g/mol. The normalized spacial score (nSPS) is 9.95. The van der Waals surface area contributed by atoms with E-state index < -0.39 is 5.97 Å². The first-order valence-electron chi connectivity index (χ1n) is 6.08. The summed E-state index contributed by atoms with van der Waals surface area (Å²) >= 11 is 3.25. The molecule has 0 aromatic heterocycles. The van der Waals surface area contributed by atoms with Gasteiger partial charge in [0.25, 0.3) is 5.91 Å². The van der Waals surface area contributed by atoms with Crippen LogP contribution < -0.4 is 5.32 Å². The maximum absolute atomic E-state index is 12.2. The van der Waals surface area contributed by atoms with Crippen molar-refractivity contribution in [1.29, 1.82) is 0 Å². The van der Waals surface area contributed by atoms with Crippen molar-refractivity contribution in [1.82, 2.24) is 0 Å². The molecule has 0 spiro atoms. The van der Waals surface area contributed by atoms with Crippen molar-refractivity contribution >= 4 is 39.6 Å². The number of hydrogen-bond acceptors (Lipinski definition) is 2. The van der Waals surface area contributed by atoms with Gasteiger partial charge in [-0.25, -0.2) is 4.79 Å². The fourth-order valence-corrected chi connectivity index (χ4v) is 2.25. The number of halogens is 1. The van der Waals surface area contributed by atoms with E-state index in [1.54, 1.807) is 42.5 Å². The van der Waals surface area contributed by atoms with E-state index in [1.165, 1.54) is 6.07 Å². The van der Waals surface area contributed by atoms with Gasteiger partial charge in [-0.05, 0) is 45.8 Å². The standard InChI is InChI=1S/C16H12BrNO3/c1-2-10-6-8-11(9-7-10)15(19)18-14-12(16(20)21)4-3-5-13(14)17/h2-9H,1H2,(H,18,19)(H,20,21). The third-order valence-corrected chi connectivity index (χ3v) is 3.55. The highest BCUT2D eigenvalue weighted by Crippen LogP contribution is 2.27. The van der Waals surface area contributed by atoms with Crippen molar-refractivity contribution in [2.24, 2.45) is 0 Å². The van der Waals surface area contributed by atoms with Gasteiger partial charge in [0.05, 0.1) is 11.3 Å². The highest BCUT2D eigenvalue weighted by atomic mass is 79.9. The summed E-state index contributed by atoms with van der Waals surface area (Å²) in [5.74, 6) is -1.48. The lowest BCUT2D eigenvalue weighted by Gasteiger charge is -2.10. The quantitative estimate of drug-likeness (QED) is 0.878. The number of aromatic carboxylic acids is 1. The van der Waals surface area contributed by atoms with Crippen LogP contribution in [0, 0.1) is 0 Å². The zero-order chi connectivity index (χ0) is 15.4. The number of anilines is 1. The molecule has 2 rings (SSSR count). The summed E-state index contributed by atoms with van der Waals surface area (Å²) in [5, 5.41) is 11.8. The molecule has 2 aromatic carbocycles. The van der Waals surface area contributed by atoms with E-state index in [4.69, 9.17) is 5.11 Å². The number of benzene rings is 2. The highest BCUT2D eigenvalue weighted by Gasteiger charge is 2.16. The van der Waals surface area contributed by atoms with Gasteiger partial charge in [0.2, 0.25) is 0 Å². The topological polar surface area (TPSA) is 66.4 Å². The van der Waals surface area contributed by atoms with Crippen molar-refractivity contribution in [3.05, 3.63) is 70.2 Å². The number of rotatable bonds is 4. The largest absolute Gasteiger partial charge is 0.478 e. The van der Waals surface area contributed by atoms with Gasteiger partial charge in [-0.2, -0.15) is 0 Å². The molecule has 0 saturated carbocycles. The lowest BCUT2D eigenvalue weighted by atomic mass is 10.1. The van der Waals surface area contributed by atoms with Gasteiger partial charge >= 0.3 is 5.97 Å². The first-order chi connectivity index (χ1) is 10.0. The Morgan fingerprint density at radius 3 is 2.38 bits per heavy atom. The van der Waals surface area contributed by atoms with Gasteiger partial charge in [0.15, 0.2) is 0 Å². The lowest BCUT2D eigenvalue weighted by molar-refractivity contribution is 0.0698. The van der Waals surface area contributed by atoms with E-state index in [0.29, 0.717) is 10.0 Å². The summed E-state index contributed by atoms with van der Waals surface area (Å²) in [7, 11) is 0. The minimum Gasteiger partial charge on any atom is -0.478 e. The lowest BCUT2D eigenvalue weighted by Crippen LogP contribution is -2.15. The van der Waals surface area contributed by atoms with Crippen molar-refractivity contribution in [2.75, 3.05) is 5.32 Å². The van der Waals surface area contributed by atoms with Crippen LogP contribution in [0.4, 0.5) is 5.69 Å². The SMILES string of the molecule is C=Cc1ccc(C(=O)Nc2c(Br)cccc2C(=O)O)cc1. The Balaban J connectivity index is 2.31. The molecule has 4 nitrogen and oxygen atoms in total. The maximum Gasteiger partial charge on any atom is 0.337 e. The smallest absolute Gasteiger partial charge is 0.337 e. The molecule has 0 aliphatic heterocycles. The highest BCUT2D eigenvalue weighted by molar-refractivity contribution is 9.10. The molecule has 2 N–H and O–H groups in total. The van der Waals surface area contributed by atoms with Crippen LogP contribution >= 0.6 is 15.9 Å². The second-order valence-corrected chi connectivity index (χ2v) is 5.10. The fourth-order valence-electron chi connectivity index (χ4n) is 1.79. The van der Waals surface area contributed by atoms with Crippen molar-refractivity contribution < 1.29 is 14.7 Å². The third-order valence-electron chi connectivity index (χ3n) is 2.89. The van der Waals surface area contributed by atoms with Crippen molar-refractivity contribution in [3.63, 3.8) is 0 Å². The van der Waals surface area contributed by atoms with Crippen LogP contribution in [0.5, 0.6) is 0 Å². The van der Waals surface area contributed by atoms with Crippen LogP contribution in [-0.4, -0.2) is 17.0 Å². The Morgan fingerprint density at radius 1 is 1.14 bits per heavy atom. The van der Waals surface area contributed by atoms with E-state index in [2.05, 4.69) is 27.8 Å². The second-order valence-electron chi connectivity index (χ2n) is 4.25. The summed E-state index contributed by atoms with van der Waals surface area (Å²) in [6.07, 6.45) is 1.68. The second kappa shape index (κ2) is 6.37. The van der Waals surface area contributed by atoms with E-state index in [9.17, 15) is 9.59 Å². The minimum atomic E-state index is -1.10. The van der Waals surface area contributed by atoms with Crippen LogP contribution in [0.25, 0.3) is 6.08 Å². The number of carboxylic acids is 1. The molecule has 1 amide bonds. The molecule has 0 unspecified atom stereocenters. The Bertz CT molecular complexity index is 708. The number of nitrogens with one attached hydrogen (secondary N) is 1. The average molecular weight is 346 g/mol. The molecule has 0 heterocycles. The van der Waals surface area contributed by atoms with E-state index >= 15 is 0 Å². The first kappa shape index (κ1) is 15.0. The summed E-state index contributed by atoms with van der Waals surface area (Å²) in [6.45, 7) is 3.64. The predicted molar refractivity (Wildman–Crippen MR) is 85.6 cm³/mol. The van der Waals surface area contributed by atoms with Crippen LogP contribution in [0.1, 0.15) is 26.3 Å². The molecule has 5 heteroatoms. The molecule has 21 heavy (non-hydrogen) atoms. The third kappa shape index (κ3) is 3.38. The molecule has 0 saturated heterocycles. The Hall–Kier alpha value is -2.40. The van der Waals surface area contributed by atoms with Gasteiger partial charge in [0, 0.05) is 10.0 Å². The van der Waals surface area contributed by atoms with Gasteiger partial charge in [0.1, 0.15) is 0 Å². The number of amides is 1. The predicted octanol–water partition coefficient (Wildman–Crippen LogP) is 4.04. The maximum atomic E-state index is 12.2. The Kier molecular flexibility index (Phi) is 4.55. The molecule has 0 radical (unpaired) electrons. The van der Waals surface area contributed by atoms with Crippen molar-refractivity contribution in [3.8, 4) is 0 Å². The fraction of sp³-hybridized carbons (Fsp3) is 0. The Labute approximate surface area is 130 Å².